The van der Waals surface area contributed by atoms with Gasteiger partial charge in [0, 0.05) is 23.5 Å². The highest BCUT2D eigenvalue weighted by atomic mass is 32.1. The molecule has 18 heavy (non-hydrogen) atoms. The van der Waals surface area contributed by atoms with Gasteiger partial charge in [0.2, 0.25) is 0 Å². The van der Waals surface area contributed by atoms with Crippen molar-refractivity contribution in [2.24, 2.45) is 11.8 Å². The fraction of sp³-hybridized carbons (Fsp3) is 0.800. The Morgan fingerprint density at radius 2 is 2.28 bits per heavy atom. The van der Waals surface area contributed by atoms with Crippen LogP contribution in [0.5, 0.6) is 0 Å². The smallest absolute Gasteiger partial charge is 0.0931 e. The van der Waals surface area contributed by atoms with E-state index in [9.17, 15) is 0 Å². The standard InChI is InChI=1S/C15H26N2S/c1-4-5-12-6-7-14(16-3)13(8-12)9-15-17-11(2)10-18-15/h10,12-14,16H,4-9H2,1-3H3. The van der Waals surface area contributed by atoms with E-state index in [1.165, 1.54) is 49.2 Å². The maximum atomic E-state index is 4.64. The van der Waals surface area contributed by atoms with Crippen molar-refractivity contribution in [3.05, 3.63) is 16.1 Å². The van der Waals surface area contributed by atoms with Crippen molar-refractivity contribution in [2.75, 3.05) is 7.05 Å². The van der Waals surface area contributed by atoms with Crippen molar-refractivity contribution in [1.29, 1.82) is 0 Å². The van der Waals surface area contributed by atoms with Gasteiger partial charge in [0.05, 0.1) is 5.01 Å². The Labute approximate surface area is 115 Å². The van der Waals surface area contributed by atoms with E-state index in [4.69, 9.17) is 0 Å². The highest BCUT2D eigenvalue weighted by Crippen LogP contribution is 2.34. The Morgan fingerprint density at radius 1 is 1.44 bits per heavy atom. The Bertz CT molecular complexity index is 361. The number of thiazole rings is 1. The lowest BCUT2D eigenvalue weighted by Gasteiger charge is -2.35. The molecule has 0 amide bonds. The molecule has 1 aliphatic rings. The number of hydrogen-bond acceptors (Lipinski definition) is 3. The molecular weight excluding hydrogens is 240 g/mol. The van der Waals surface area contributed by atoms with Crippen molar-refractivity contribution in [3.63, 3.8) is 0 Å². The van der Waals surface area contributed by atoms with E-state index < -0.39 is 0 Å². The minimum absolute atomic E-state index is 0.697. The highest BCUT2D eigenvalue weighted by Gasteiger charge is 2.29. The molecular formula is C15H26N2S. The Balaban J connectivity index is 1.97. The molecule has 3 heteroatoms. The highest BCUT2D eigenvalue weighted by molar-refractivity contribution is 7.09. The summed E-state index contributed by atoms with van der Waals surface area (Å²) in [4.78, 5) is 4.64. The monoisotopic (exact) mass is 266 g/mol. The van der Waals surface area contributed by atoms with E-state index in [2.05, 4.69) is 36.6 Å². The van der Waals surface area contributed by atoms with Gasteiger partial charge in [-0.15, -0.1) is 11.3 Å². The topological polar surface area (TPSA) is 24.9 Å². The third-order valence-corrected chi connectivity index (χ3v) is 5.25. The molecule has 0 aromatic carbocycles. The first-order valence-electron chi connectivity index (χ1n) is 7.31. The van der Waals surface area contributed by atoms with Crippen LogP contribution in [0.1, 0.15) is 49.7 Å². The second-order valence-corrected chi connectivity index (χ2v) is 6.65. The summed E-state index contributed by atoms with van der Waals surface area (Å²) in [5.41, 5.74) is 1.18. The van der Waals surface area contributed by atoms with E-state index in [-0.39, 0.29) is 0 Å². The van der Waals surface area contributed by atoms with Crippen molar-refractivity contribution in [1.82, 2.24) is 10.3 Å². The quantitative estimate of drug-likeness (QED) is 0.877. The molecule has 3 unspecified atom stereocenters. The van der Waals surface area contributed by atoms with Gasteiger partial charge in [0.15, 0.2) is 0 Å². The minimum atomic E-state index is 0.697. The maximum Gasteiger partial charge on any atom is 0.0931 e. The van der Waals surface area contributed by atoms with Crippen molar-refractivity contribution >= 4 is 11.3 Å². The summed E-state index contributed by atoms with van der Waals surface area (Å²) in [6.07, 6.45) is 8.05. The molecule has 1 N–H and O–H groups in total. The Hall–Kier alpha value is -0.410. The maximum absolute atomic E-state index is 4.64. The van der Waals surface area contributed by atoms with Gasteiger partial charge in [-0.25, -0.2) is 4.98 Å². The van der Waals surface area contributed by atoms with E-state index in [1.54, 1.807) is 0 Å². The molecule has 1 aliphatic carbocycles. The van der Waals surface area contributed by atoms with Crippen LogP contribution in [0.3, 0.4) is 0 Å². The fourth-order valence-electron chi connectivity index (χ4n) is 3.36. The summed E-state index contributed by atoms with van der Waals surface area (Å²) in [7, 11) is 2.12. The molecule has 1 heterocycles. The van der Waals surface area contributed by atoms with Crippen LogP contribution in [-0.4, -0.2) is 18.1 Å². The number of nitrogens with one attached hydrogen (secondary N) is 1. The zero-order valence-corrected chi connectivity index (χ0v) is 12.7. The number of nitrogens with zero attached hydrogens (tertiary/aromatic N) is 1. The van der Waals surface area contributed by atoms with Gasteiger partial charge in [-0.1, -0.05) is 19.8 Å². The molecule has 0 spiro atoms. The van der Waals surface area contributed by atoms with Gasteiger partial charge in [-0.2, -0.15) is 0 Å². The zero-order valence-electron chi connectivity index (χ0n) is 11.9. The summed E-state index contributed by atoms with van der Waals surface area (Å²) < 4.78 is 0. The molecule has 102 valence electrons. The van der Waals surface area contributed by atoms with E-state index >= 15 is 0 Å². The normalized spacial score (nSPS) is 28.5. The average molecular weight is 266 g/mol. The van der Waals surface area contributed by atoms with Gasteiger partial charge in [-0.05, 0) is 45.1 Å². The average Bonchev–Trinajstić information content (AvgIpc) is 2.76. The van der Waals surface area contributed by atoms with Crippen molar-refractivity contribution in [3.8, 4) is 0 Å². The van der Waals surface area contributed by atoms with Crippen LogP contribution in [0.4, 0.5) is 0 Å². The van der Waals surface area contributed by atoms with Gasteiger partial charge in [0.25, 0.3) is 0 Å². The summed E-state index contributed by atoms with van der Waals surface area (Å²) >= 11 is 1.83. The first-order valence-corrected chi connectivity index (χ1v) is 8.19. The molecule has 1 aromatic rings. The van der Waals surface area contributed by atoms with Crippen LogP contribution in [-0.2, 0) is 6.42 Å². The first-order chi connectivity index (χ1) is 8.72. The van der Waals surface area contributed by atoms with Gasteiger partial charge < -0.3 is 5.32 Å². The molecule has 0 radical (unpaired) electrons. The first kappa shape index (κ1) is 14.0. The fourth-order valence-corrected chi connectivity index (χ4v) is 4.22. The third kappa shape index (κ3) is 3.55. The lowest BCUT2D eigenvalue weighted by atomic mass is 9.75. The Morgan fingerprint density at radius 3 is 2.89 bits per heavy atom. The van der Waals surface area contributed by atoms with Crippen LogP contribution in [0.2, 0.25) is 0 Å². The number of rotatable bonds is 5. The minimum Gasteiger partial charge on any atom is -0.317 e. The lowest BCUT2D eigenvalue weighted by Crippen LogP contribution is -2.39. The van der Waals surface area contributed by atoms with E-state index in [1.807, 2.05) is 11.3 Å². The van der Waals surface area contributed by atoms with Crippen LogP contribution >= 0.6 is 11.3 Å². The SMILES string of the molecule is CCCC1CCC(NC)C(Cc2nc(C)cs2)C1. The largest absolute Gasteiger partial charge is 0.317 e. The predicted molar refractivity (Wildman–Crippen MR) is 79.1 cm³/mol. The van der Waals surface area contributed by atoms with Gasteiger partial charge in [0.1, 0.15) is 0 Å². The number of hydrogen-bond donors (Lipinski definition) is 1. The molecule has 2 rings (SSSR count). The van der Waals surface area contributed by atoms with Crippen LogP contribution in [0, 0.1) is 18.8 Å². The summed E-state index contributed by atoms with van der Waals surface area (Å²) in [6, 6.07) is 0.697. The van der Waals surface area contributed by atoms with Crippen LogP contribution in [0.25, 0.3) is 0 Å². The third-order valence-electron chi connectivity index (χ3n) is 4.26. The molecule has 0 aliphatic heterocycles. The molecule has 0 saturated heterocycles. The summed E-state index contributed by atoms with van der Waals surface area (Å²) in [5, 5.41) is 7.03. The Kier molecular flexibility index (Phi) is 5.19. The molecule has 3 atom stereocenters. The number of aromatic nitrogens is 1. The second kappa shape index (κ2) is 6.67. The van der Waals surface area contributed by atoms with Crippen molar-refractivity contribution in [2.45, 2.75) is 58.4 Å². The molecule has 2 nitrogen and oxygen atoms in total. The molecule has 1 saturated carbocycles. The molecule has 1 fully saturated rings. The predicted octanol–water partition coefficient (Wildman–Crippen LogP) is 3.80. The van der Waals surface area contributed by atoms with Crippen LogP contribution in [0.15, 0.2) is 5.38 Å². The van der Waals surface area contributed by atoms with Gasteiger partial charge >= 0.3 is 0 Å². The number of aryl methyl sites for hydroxylation is 1. The van der Waals surface area contributed by atoms with E-state index in [0.29, 0.717) is 6.04 Å². The summed E-state index contributed by atoms with van der Waals surface area (Å²) in [5.74, 6) is 1.73. The van der Waals surface area contributed by atoms with Gasteiger partial charge in [-0.3, -0.25) is 0 Å². The lowest BCUT2D eigenvalue weighted by molar-refractivity contribution is 0.200. The zero-order chi connectivity index (χ0) is 13.0. The summed E-state index contributed by atoms with van der Waals surface area (Å²) in [6.45, 7) is 4.40. The molecule has 0 bridgehead atoms. The molecule has 1 aromatic heterocycles. The second-order valence-electron chi connectivity index (χ2n) is 5.71. The van der Waals surface area contributed by atoms with Crippen molar-refractivity contribution < 1.29 is 0 Å². The van der Waals surface area contributed by atoms with E-state index in [0.717, 1.165) is 11.8 Å². The van der Waals surface area contributed by atoms with Crippen LogP contribution < -0.4 is 5.32 Å².